The molecule has 5 nitrogen and oxygen atoms in total. The summed E-state index contributed by atoms with van der Waals surface area (Å²) < 4.78 is 7.37. The highest BCUT2D eigenvalue weighted by Crippen LogP contribution is 2.27. The van der Waals surface area contributed by atoms with E-state index in [0.717, 1.165) is 49.3 Å². The monoisotopic (exact) mass is 382 g/mol. The molecule has 0 saturated carbocycles. The van der Waals surface area contributed by atoms with Crippen molar-refractivity contribution >= 4 is 11.9 Å². The number of hydrogen-bond donors (Lipinski definition) is 0. The maximum absolute atomic E-state index is 12.5. The van der Waals surface area contributed by atoms with E-state index in [1.165, 1.54) is 6.42 Å². The molecule has 28 heavy (non-hydrogen) atoms. The average Bonchev–Trinajstić information content (AvgIpc) is 3.06. The van der Waals surface area contributed by atoms with Crippen molar-refractivity contribution in [2.45, 2.75) is 52.5 Å². The summed E-state index contributed by atoms with van der Waals surface area (Å²) in [5, 5.41) is 0. The van der Waals surface area contributed by atoms with Crippen LogP contribution in [-0.4, -0.2) is 41.0 Å². The van der Waals surface area contributed by atoms with Gasteiger partial charge in [-0.15, -0.1) is 0 Å². The molecule has 2 heterocycles. The van der Waals surface area contributed by atoms with Crippen LogP contribution < -0.4 is 0 Å². The van der Waals surface area contributed by atoms with Gasteiger partial charge in [0.1, 0.15) is 0 Å². The van der Waals surface area contributed by atoms with Crippen LogP contribution in [0.2, 0.25) is 0 Å². The smallest absolute Gasteiger partial charge is 0.339 e. The second kappa shape index (κ2) is 9.58. The first-order chi connectivity index (χ1) is 13.6. The third kappa shape index (κ3) is 4.64. The first-order valence-corrected chi connectivity index (χ1v) is 10.3. The Bertz CT molecular complexity index is 805. The molecule has 1 aliphatic heterocycles. The van der Waals surface area contributed by atoms with Gasteiger partial charge in [0.15, 0.2) is 0 Å². The zero-order valence-corrected chi connectivity index (χ0v) is 16.9. The molecule has 5 heteroatoms. The molecule has 1 fully saturated rings. The van der Waals surface area contributed by atoms with E-state index in [4.69, 9.17) is 4.74 Å². The number of nitrogens with zero attached hydrogens (tertiary/aromatic N) is 2. The lowest BCUT2D eigenvalue weighted by Gasteiger charge is -2.26. The Labute approximate surface area is 167 Å². The first-order valence-electron chi connectivity index (χ1n) is 10.3. The molecule has 3 rings (SSSR count). The quantitative estimate of drug-likeness (QED) is 0.666. The van der Waals surface area contributed by atoms with Crippen molar-refractivity contribution in [3.63, 3.8) is 0 Å². The SMILES string of the molecule is CCOC(=O)c1cc(-c2ccccc2)n(CCCC(=O)N2CCCCC2)c1C. The Balaban J connectivity index is 1.76. The fraction of sp³-hybridized carbons (Fsp3) is 0.478. The van der Waals surface area contributed by atoms with Crippen molar-refractivity contribution in [1.82, 2.24) is 9.47 Å². The lowest BCUT2D eigenvalue weighted by atomic mass is 10.1. The minimum Gasteiger partial charge on any atom is -0.462 e. The second-order valence-corrected chi connectivity index (χ2v) is 7.31. The summed E-state index contributed by atoms with van der Waals surface area (Å²) in [6.07, 6.45) is 4.75. The number of ether oxygens (including phenoxy) is 1. The molecule has 0 N–H and O–H groups in total. The predicted molar refractivity (Wildman–Crippen MR) is 110 cm³/mol. The van der Waals surface area contributed by atoms with Crippen LogP contribution in [0.5, 0.6) is 0 Å². The van der Waals surface area contributed by atoms with Crippen LogP contribution in [0.4, 0.5) is 0 Å². The molecule has 0 unspecified atom stereocenters. The van der Waals surface area contributed by atoms with Gasteiger partial charge in [0.2, 0.25) is 5.91 Å². The summed E-state index contributed by atoms with van der Waals surface area (Å²) in [7, 11) is 0. The van der Waals surface area contributed by atoms with Gasteiger partial charge >= 0.3 is 5.97 Å². The van der Waals surface area contributed by atoms with Gasteiger partial charge in [0, 0.05) is 37.4 Å². The molecule has 0 spiro atoms. The van der Waals surface area contributed by atoms with Crippen molar-refractivity contribution in [2.24, 2.45) is 0 Å². The second-order valence-electron chi connectivity index (χ2n) is 7.31. The van der Waals surface area contributed by atoms with E-state index in [1.807, 2.05) is 55.1 Å². The molecule has 0 bridgehead atoms. The number of rotatable bonds is 7. The van der Waals surface area contributed by atoms with Crippen LogP contribution in [-0.2, 0) is 16.1 Å². The molecule has 0 aliphatic carbocycles. The van der Waals surface area contributed by atoms with Crippen LogP contribution in [0, 0.1) is 6.92 Å². The van der Waals surface area contributed by atoms with E-state index in [1.54, 1.807) is 0 Å². The Morgan fingerprint density at radius 3 is 2.46 bits per heavy atom. The topological polar surface area (TPSA) is 51.5 Å². The normalized spacial score (nSPS) is 14.1. The van der Waals surface area contributed by atoms with Gasteiger partial charge in [-0.05, 0) is 51.2 Å². The summed E-state index contributed by atoms with van der Waals surface area (Å²) in [4.78, 5) is 26.8. The van der Waals surface area contributed by atoms with Gasteiger partial charge in [-0.3, -0.25) is 4.79 Å². The number of piperidine rings is 1. The zero-order valence-electron chi connectivity index (χ0n) is 16.9. The van der Waals surface area contributed by atoms with Gasteiger partial charge in [-0.1, -0.05) is 30.3 Å². The number of esters is 1. The van der Waals surface area contributed by atoms with Gasteiger partial charge in [-0.25, -0.2) is 4.79 Å². The summed E-state index contributed by atoms with van der Waals surface area (Å²) in [5.74, 6) is -0.0447. The number of carbonyl (C=O) groups excluding carboxylic acids is 2. The third-order valence-corrected chi connectivity index (χ3v) is 5.41. The van der Waals surface area contributed by atoms with Crippen LogP contribution in [0.1, 0.15) is 55.1 Å². The van der Waals surface area contributed by atoms with Gasteiger partial charge in [-0.2, -0.15) is 0 Å². The first kappa shape index (κ1) is 20.2. The minimum absolute atomic E-state index is 0.247. The van der Waals surface area contributed by atoms with E-state index < -0.39 is 0 Å². The Hall–Kier alpha value is -2.56. The molecule has 1 aliphatic rings. The van der Waals surface area contributed by atoms with Crippen molar-refractivity contribution in [3.05, 3.63) is 47.7 Å². The molecule has 0 radical (unpaired) electrons. The average molecular weight is 383 g/mol. The summed E-state index contributed by atoms with van der Waals surface area (Å²) in [5.41, 5.74) is 3.54. The minimum atomic E-state index is -0.291. The predicted octanol–water partition coefficient (Wildman–Crippen LogP) is 4.43. The number of amides is 1. The Kier molecular flexibility index (Phi) is 6.90. The molecule has 1 amide bonds. The van der Waals surface area contributed by atoms with Gasteiger partial charge < -0.3 is 14.2 Å². The standard InChI is InChI=1S/C23H30N2O3/c1-3-28-23(27)20-17-21(19-11-6-4-7-12-19)25(18(20)2)16-10-13-22(26)24-14-8-5-9-15-24/h4,6-7,11-12,17H,3,5,8-10,13-16H2,1-2H3. The molecule has 150 valence electrons. The summed E-state index contributed by atoms with van der Waals surface area (Å²) >= 11 is 0. The van der Waals surface area contributed by atoms with Crippen molar-refractivity contribution in [2.75, 3.05) is 19.7 Å². The van der Waals surface area contributed by atoms with E-state index in [0.29, 0.717) is 25.1 Å². The number of carbonyl (C=O) groups is 2. The maximum Gasteiger partial charge on any atom is 0.339 e. The highest BCUT2D eigenvalue weighted by molar-refractivity contribution is 5.92. The van der Waals surface area contributed by atoms with Crippen molar-refractivity contribution in [1.29, 1.82) is 0 Å². The largest absolute Gasteiger partial charge is 0.462 e. The number of benzene rings is 1. The summed E-state index contributed by atoms with van der Waals surface area (Å²) in [6, 6.07) is 12.0. The Morgan fingerprint density at radius 2 is 1.79 bits per heavy atom. The number of likely N-dealkylation sites (tertiary alicyclic amines) is 1. The molecule has 1 aromatic heterocycles. The van der Waals surface area contributed by atoms with Crippen LogP contribution in [0.25, 0.3) is 11.3 Å². The van der Waals surface area contributed by atoms with Gasteiger partial charge in [0.05, 0.1) is 12.2 Å². The molecular formula is C23H30N2O3. The molecule has 1 saturated heterocycles. The lowest BCUT2D eigenvalue weighted by Crippen LogP contribution is -2.35. The Morgan fingerprint density at radius 1 is 1.07 bits per heavy atom. The maximum atomic E-state index is 12.5. The fourth-order valence-corrected chi connectivity index (χ4v) is 3.89. The highest BCUT2D eigenvalue weighted by atomic mass is 16.5. The number of aromatic nitrogens is 1. The van der Waals surface area contributed by atoms with Crippen molar-refractivity contribution in [3.8, 4) is 11.3 Å². The van der Waals surface area contributed by atoms with E-state index in [9.17, 15) is 9.59 Å². The lowest BCUT2D eigenvalue weighted by molar-refractivity contribution is -0.132. The zero-order chi connectivity index (χ0) is 19.9. The van der Waals surface area contributed by atoms with Crippen LogP contribution in [0.15, 0.2) is 36.4 Å². The molecule has 1 aromatic carbocycles. The molecule has 2 aromatic rings. The van der Waals surface area contributed by atoms with E-state index >= 15 is 0 Å². The molecular weight excluding hydrogens is 352 g/mol. The van der Waals surface area contributed by atoms with E-state index in [2.05, 4.69) is 4.57 Å². The molecule has 0 atom stereocenters. The van der Waals surface area contributed by atoms with Gasteiger partial charge in [0.25, 0.3) is 0 Å². The number of hydrogen-bond acceptors (Lipinski definition) is 3. The third-order valence-electron chi connectivity index (χ3n) is 5.41. The highest BCUT2D eigenvalue weighted by Gasteiger charge is 2.20. The van der Waals surface area contributed by atoms with Crippen molar-refractivity contribution < 1.29 is 14.3 Å². The summed E-state index contributed by atoms with van der Waals surface area (Å²) in [6.45, 7) is 6.61. The van der Waals surface area contributed by atoms with Crippen LogP contribution >= 0.6 is 0 Å². The van der Waals surface area contributed by atoms with E-state index in [-0.39, 0.29) is 11.9 Å². The fourth-order valence-electron chi connectivity index (χ4n) is 3.89. The van der Waals surface area contributed by atoms with Crippen LogP contribution in [0.3, 0.4) is 0 Å².